The van der Waals surface area contributed by atoms with Crippen LogP contribution in [0.5, 0.6) is 0 Å². The molecule has 1 aliphatic carbocycles. The summed E-state index contributed by atoms with van der Waals surface area (Å²) in [5.41, 5.74) is 4.36. The first-order valence-electron chi connectivity index (χ1n) is 12.2. The number of hydrogen-bond acceptors (Lipinski definition) is 5. The molecule has 2 N–H and O–H groups in total. The zero-order chi connectivity index (χ0) is 25.3. The molecule has 0 bridgehead atoms. The van der Waals surface area contributed by atoms with E-state index in [2.05, 4.69) is 27.2 Å². The Bertz CT molecular complexity index is 1380. The molecule has 1 aliphatic heterocycles. The molecule has 2 aromatic heterocycles. The van der Waals surface area contributed by atoms with Gasteiger partial charge < -0.3 is 15.3 Å². The number of aromatic nitrogens is 3. The molecular formula is C28H29N5O3. The minimum Gasteiger partial charge on any atom is -0.378 e. The molecule has 8 heteroatoms. The molecule has 3 aromatic rings. The number of fused-ring (bicyclic) bond motifs is 1. The highest BCUT2D eigenvalue weighted by Crippen LogP contribution is 2.31. The number of amides is 2. The Kier molecular flexibility index (Phi) is 6.33. The highest BCUT2D eigenvalue weighted by atomic mass is 16.3. The van der Waals surface area contributed by atoms with Crippen molar-refractivity contribution in [2.75, 3.05) is 11.9 Å². The van der Waals surface area contributed by atoms with Gasteiger partial charge in [-0.3, -0.25) is 9.78 Å². The van der Waals surface area contributed by atoms with Gasteiger partial charge in [0.05, 0.1) is 6.20 Å². The fourth-order valence-electron chi connectivity index (χ4n) is 4.58. The Hall–Kier alpha value is -3.96. The first-order chi connectivity index (χ1) is 17.3. The number of aliphatic hydroxyl groups is 1. The van der Waals surface area contributed by atoms with Gasteiger partial charge in [0.25, 0.3) is 0 Å². The van der Waals surface area contributed by atoms with Crippen molar-refractivity contribution in [3.8, 4) is 11.8 Å². The van der Waals surface area contributed by atoms with Crippen LogP contribution in [0.1, 0.15) is 53.8 Å². The average molecular weight is 484 g/mol. The summed E-state index contributed by atoms with van der Waals surface area (Å²) in [6, 6.07) is 10.5. The lowest BCUT2D eigenvalue weighted by Crippen LogP contribution is -2.48. The van der Waals surface area contributed by atoms with Gasteiger partial charge in [-0.2, -0.15) is 9.78 Å². The molecule has 2 aliphatic rings. The molecule has 8 nitrogen and oxygen atoms in total. The standard InChI is InChI=1S/C28H29N5O3/c1-19-5-3-6-23(30-19)15-21-17-29-33(18-21)27(35)31-24-10-9-22-8-7-20(11-14-28(36)12-4-13-28)16-25(22)32(2)26(24)34/h3,5-8,16-18,24,36H,4,9-10,12-13,15H2,1-2H3,(H,31,35)/t24-/m0/s1. The van der Waals surface area contributed by atoms with Gasteiger partial charge in [0.2, 0.25) is 5.91 Å². The molecule has 2 amide bonds. The van der Waals surface area contributed by atoms with Crippen LogP contribution in [0.3, 0.4) is 0 Å². The second-order valence-electron chi connectivity index (χ2n) is 9.66. The van der Waals surface area contributed by atoms with Crippen molar-refractivity contribution in [3.05, 3.63) is 76.9 Å². The van der Waals surface area contributed by atoms with Crippen molar-refractivity contribution in [2.24, 2.45) is 0 Å². The van der Waals surface area contributed by atoms with E-state index >= 15 is 0 Å². The van der Waals surface area contributed by atoms with Crippen molar-refractivity contribution in [1.29, 1.82) is 0 Å². The third-order valence-corrected chi connectivity index (χ3v) is 6.87. The zero-order valence-electron chi connectivity index (χ0n) is 20.5. The number of nitrogens with zero attached hydrogens (tertiary/aromatic N) is 4. The van der Waals surface area contributed by atoms with Crippen LogP contribution in [-0.4, -0.2) is 50.5 Å². The van der Waals surface area contributed by atoms with E-state index in [0.717, 1.165) is 40.2 Å². The molecule has 36 heavy (non-hydrogen) atoms. The molecule has 1 saturated carbocycles. The topological polar surface area (TPSA) is 100 Å². The number of pyridine rings is 1. The number of rotatable bonds is 3. The van der Waals surface area contributed by atoms with Crippen LogP contribution in [0.4, 0.5) is 10.5 Å². The van der Waals surface area contributed by atoms with Crippen molar-refractivity contribution in [1.82, 2.24) is 20.1 Å². The first kappa shape index (κ1) is 23.8. The molecule has 0 radical (unpaired) electrons. The van der Waals surface area contributed by atoms with Crippen molar-refractivity contribution in [2.45, 2.75) is 57.1 Å². The molecule has 1 atom stereocenters. The SMILES string of the molecule is Cc1cccc(Cc2cnn(C(=O)N[C@H]3CCc4ccc(C#CC5(O)CCC5)cc4N(C)C3=O)c2)n1. The van der Waals surface area contributed by atoms with Gasteiger partial charge in [0.15, 0.2) is 0 Å². The molecule has 0 unspecified atom stereocenters. The molecule has 5 rings (SSSR count). The molecule has 3 heterocycles. The van der Waals surface area contributed by atoms with E-state index in [-0.39, 0.29) is 5.91 Å². The van der Waals surface area contributed by atoms with E-state index < -0.39 is 17.7 Å². The predicted octanol–water partition coefficient (Wildman–Crippen LogP) is 2.98. The minimum atomic E-state index is -0.882. The van der Waals surface area contributed by atoms with E-state index in [9.17, 15) is 14.7 Å². The van der Waals surface area contributed by atoms with E-state index in [1.807, 2.05) is 43.3 Å². The van der Waals surface area contributed by atoms with Crippen molar-refractivity contribution >= 4 is 17.6 Å². The summed E-state index contributed by atoms with van der Waals surface area (Å²) in [5, 5.41) is 17.3. The number of likely N-dealkylation sites (N-methyl/N-ethyl adjacent to an activating group) is 1. The van der Waals surface area contributed by atoms with Gasteiger partial charge in [-0.1, -0.05) is 24.0 Å². The van der Waals surface area contributed by atoms with E-state index in [1.165, 1.54) is 4.68 Å². The maximum absolute atomic E-state index is 13.2. The quantitative estimate of drug-likeness (QED) is 0.558. The second kappa shape index (κ2) is 9.59. The highest BCUT2D eigenvalue weighted by Gasteiger charge is 2.32. The second-order valence-corrected chi connectivity index (χ2v) is 9.66. The fourth-order valence-corrected chi connectivity index (χ4v) is 4.58. The molecule has 1 fully saturated rings. The monoisotopic (exact) mass is 483 g/mol. The normalized spacial score (nSPS) is 18.4. The molecular weight excluding hydrogens is 454 g/mol. The highest BCUT2D eigenvalue weighted by molar-refractivity contribution is 6.00. The predicted molar refractivity (Wildman–Crippen MR) is 136 cm³/mol. The lowest BCUT2D eigenvalue weighted by Gasteiger charge is -2.30. The lowest BCUT2D eigenvalue weighted by molar-refractivity contribution is -0.120. The average Bonchev–Trinajstić information content (AvgIpc) is 3.28. The summed E-state index contributed by atoms with van der Waals surface area (Å²) >= 11 is 0. The van der Waals surface area contributed by atoms with Crippen LogP contribution < -0.4 is 10.2 Å². The smallest absolute Gasteiger partial charge is 0.342 e. The Balaban J connectivity index is 1.26. The number of carbonyl (C=O) groups is 2. The van der Waals surface area contributed by atoms with Gasteiger partial charge in [0.1, 0.15) is 11.6 Å². The van der Waals surface area contributed by atoms with Gasteiger partial charge in [0, 0.05) is 42.3 Å². The Morgan fingerprint density at radius 3 is 2.86 bits per heavy atom. The third-order valence-electron chi connectivity index (χ3n) is 6.87. The lowest BCUT2D eigenvalue weighted by atomic mass is 9.81. The van der Waals surface area contributed by atoms with E-state index in [4.69, 9.17) is 0 Å². The number of benzene rings is 1. The summed E-state index contributed by atoms with van der Waals surface area (Å²) in [6.45, 7) is 1.94. The fraction of sp³-hybridized carbons (Fsp3) is 0.357. The minimum absolute atomic E-state index is 0.193. The number of aryl methyl sites for hydroxylation is 2. The summed E-state index contributed by atoms with van der Waals surface area (Å²) < 4.78 is 1.23. The molecule has 1 aromatic carbocycles. The summed E-state index contributed by atoms with van der Waals surface area (Å²) in [5.74, 6) is 5.83. The van der Waals surface area contributed by atoms with Crippen LogP contribution in [0, 0.1) is 18.8 Å². The van der Waals surface area contributed by atoms with Crippen molar-refractivity contribution < 1.29 is 14.7 Å². The zero-order valence-corrected chi connectivity index (χ0v) is 20.5. The number of hydrogen-bond donors (Lipinski definition) is 2. The molecule has 0 saturated heterocycles. The summed E-state index contributed by atoms with van der Waals surface area (Å²) in [4.78, 5) is 32.2. The van der Waals surface area contributed by atoms with Crippen LogP contribution in [-0.2, 0) is 17.6 Å². The Morgan fingerprint density at radius 1 is 1.28 bits per heavy atom. The van der Waals surface area contributed by atoms with Crippen LogP contribution in [0.2, 0.25) is 0 Å². The van der Waals surface area contributed by atoms with Crippen LogP contribution in [0.25, 0.3) is 0 Å². The van der Waals surface area contributed by atoms with E-state index in [1.54, 1.807) is 24.3 Å². The van der Waals surface area contributed by atoms with Crippen LogP contribution in [0.15, 0.2) is 48.8 Å². The van der Waals surface area contributed by atoms with Crippen molar-refractivity contribution in [3.63, 3.8) is 0 Å². The largest absolute Gasteiger partial charge is 0.378 e. The van der Waals surface area contributed by atoms with Gasteiger partial charge in [-0.25, -0.2) is 4.79 Å². The van der Waals surface area contributed by atoms with E-state index in [0.29, 0.717) is 32.1 Å². The molecule has 184 valence electrons. The maximum atomic E-state index is 13.2. The third kappa shape index (κ3) is 5.02. The Labute approximate surface area is 210 Å². The number of carbonyl (C=O) groups excluding carboxylic acids is 2. The summed E-state index contributed by atoms with van der Waals surface area (Å²) in [6.07, 6.45) is 7.38. The number of nitrogens with one attached hydrogen (secondary N) is 1. The maximum Gasteiger partial charge on any atom is 0.342 e. The molecule has 0 spiro atoms. The Morgan fingerprint density at radius 2 is 2.11 bits per heavy atom. The number of anilines is 1. The van der Waals surface area contributed by atoms with Gasteiger partial charge >= 0.3 is 6.03 Å². The summed E-state index contributed by atoms with van der Waals surface area (Å²) in [7, 11) is 1.71. The van der Waals surface area contributed by atoms with Gasteiger partial charge in [-0.15, -0.1) is 0 Å². The first-order valence-corrected chi connectivity index (χ1v) is 12.2. The van der Waals surface area contributed by atoms with Gasteiger partial charge in [-0.05, 0) is 74.4 Å². The van der Waals surface area contributed by atoms with Crippen LogP contribution >= 0.6 is 0 Å².